The van der Waals surface area contributed by atoms with Crippen molar-refractivity contribution in [2.45, 2.75) is 66.2 Å². The third-order valence-corrected chi connectivity index (χ3v) is 2.85. The van der Waals surface area contributed by atoms with E-state index >= 15 is 0 Å². The third kappa shape index (κ3) is 8.83. The Balaban J connectivity index is 0. The Labute approximate surface area is 174 Å². The number of ether oxygens (including phenoxy) is 1. The molecule has 0 bridgehead atoms. The van der Waals surface area contributed by atoms with Gasteiger partial charge in [-0.1, -0.05) is 0 Å². The zero-order chi connectivity index (χ0) is 17.8. The molecule has 25 heavy (non-hydrogen) atoms. The predicted molar refractivity (Wildman–Crippen MR) is 88.8 cm³/mol. The quantitative estimate of drug-likeness (QED) is 0.476. The minimum absolute atomic E-state index is 0. The summed E-state index contributed by atoms with van der Waals surface area (Å²) in [5.74, 6) is -0.196. The second kappa shape index (κ2) is 10.9. The minimum atomic E-state index is -0.697. The molecule has 0 aliphatic carbocycles. The number of nitrogens with zero attached hydrogens (tertiary/aromatic N) is 3. The topological polar surface area (TPSA) is 73.6 Å². The van der Waals surface area contributed by atoms with Crippen molar-refractivity contribution in [1.82, 2.24) is 9.88 Å². The Kier molecular flexibility index (Phi) is 11.5. The molecule has 0 aromatic carbocycles. The van der Waals surface area contributed by atoms with Crippen molar-refractivity contribution < 1.29 is 52.0 Å². The standard InChI is InChI=1S/C17H26N3O3.2Li/c1-11(2)20(12(3)4)15(21)14-9-8-13(10-18-14)19-16(22)23-17(5,6)7;;/h8,10-12H,1-7H3,(H,19,21,22);;/q-1;2*+1/p-1. The fourth-order valence-corrected chi connectivity index (χ4v) is 2.10. The van der Waals surface area contributed by atoms with Crippen LogP contribution in [0.15, 0.2) is 12.3 Å². The second-order valence-electron chi connectivity index (χ2n) is 6.81. The average Bonchev–Trinajstić information content (AvgIpc) is 2.36. The van der Waals surface area contributed by atoms with Crippen molar-refractivity contribution in [2.75, 3.05) is 0 Å². The summed E-state index contributed by atoms with van der Waals surface area (Å²) in [6.07, 6.45) is 0.671. The van der Waals surface area contributed by atoms with E-state index < -0.39 is 11.7 Å². The largest absolute Gasteiger partial charge is 1.00 e. The van der Waals surface area contributed by atoms with Gasteiger partial charge >= 0.3 is 37.7 Å². The van der Waals surface area contributed by atoms with Gasteiger partial charge in [-0.25, -0.2) is 5.69 Å². The summed E-state index contributed by atoms with van der Waals surface area (Å²) in [7, 11) is 0. The van der Waals surface area contributed by atoms with Crippen LogP contribution in [0, 0.1) is 6.07 Å². The third-order valence-electron chi connectivity index (χ3n) is 2.85. The SMILES string of the molecule is CC(C)N(C(=O)c1[c-]cc([N-]C(=O)OC(C)(C)C)cn1)C(C)C.[Li+].[Li+]. The fourth-order valence-electron chi connectivity index (χ4n) is 2.10. The molecule has 0 saturated carbocycles. The van der Waals surface area contributed by atoms with Gasteiger partial charge in [0.1, 0.15) is 5.60 Å². The Bertz CT molecular complexity index is 547. The normalized spacial score (nSPS) is 10.6. The molecule has 8 heteroatoms. The van der Waals surface area contributed by atoms with Crippen molar-refractivity contribution in [1.29, 1.82) is 0 Å². The molecular formula is C17H25Li2N3O3. The number of carbonyl (C=O) groups is 2. The van der Waals surface area contributed by atoms with Gasteiger partial charge in [-0.05, 0) is 54.7 Å². The number of carbonyl (C=O) groups excluding carboxylic acids is 2. The summed E-state index contributed by atoms with van der Waals surface area (Å²) in [6.45, 7) is 13.1. The molecule has 1 heterocycles. The van der Waals surface area contributed by atoms with E-state index in [1.807, 2.05) is 27.7 Å². The number of amides is 2. The van der Waals surface area contributed by atoms with Crippen LogP contribution in [0.4, 0.5) is 10.5 Å². The summed E-state index contributed by atoms with van der Waals surface area (Å²) >= 11 is 0. The van der Waals surface area contributed by atoms with Crippen molar-refractivity contribution in [3.05, 3.63) is 29.3 Å². The number of aromatic nitrogens is 1. The molecular weight excluding hydrogens is 308 g/mol. The first kappa shape index (κ1) is 26.3. The van der Waals surface area contributed by atoms with E-state index in [9.17, 15) is 9.59 Å². The van der Waals surface area contributed by atoms with Crippen LogP contribution in [-0.2, 0) is 4.74 Å². The molecule has 1 aromatic rings. The number of hydrogen-bond donors (Lipinski definition) is 0. The maximum atomic E-state index is 12.5. The summed E-state index contributed by atoms with van der Waals surface area (Å²) in [6, 6.07) is 4.37. The second-order valence-corrected chi connectivity index (χ2v) is 6.81. The molecule has 0 atom stereocenters. The Morgan fingerprint density at radius 2 is 1.68 bits per heavy atom. The number of rotatable bonds is 4. The molecule has 1 rings (SSSR count). The van der Waals surface area contributed by atoms with Crippen molar-refractivity contribution in [2.24, 2.45) is 0 Å². The number of hydrogen-bond acceptors (Lipinski definition) is 4. The van der Waals surface area contributed by atoms with E-state index in [1.165, 1.54) is 12.3 Å². The van der Waals surface area contributed by atoms with E-state index in [-0.39, 0.29) is 61.4 Å². The molecule has 1 aromatic heterocycles. The van der Waals surface area contributed by atoms with Crippen molar-refractivity contribution in [3.8, 4) is 0 Å². The average molecular weight is 333 g/mol. The van der Waals surface area contributed by atoms with Gasteiger partial charge in [-0.2, -0.15) is 12.1 Å². The van der Waals surface area contributed by atoms with Crippen LogP contribution in [0.3, 0.4) is 0 Å². The van der Waals surface area contributed by atoms with E-state index in [1.54, 1.807) is 25.7 Å². The summed E-state index contributed by atoms with van der Waals surface area (Å²) in [5.41, 5.74) is -0.102. The summed E-state index contributed by atoms with van der Waals surface area (Å²) in [5, 5.41) is 3.78. The van der Waals surface area contributed by atoms with Crippen LogP contribution >= 0.6 is 0 Å². The minimum Gasteiger partial charge on any atom is -0.647 e. The predicted octanol–water partition coefficient (Wildman–Crippen LogP) is -1.91. The van der Waals surface area contributed by atoms with Gasteiger partial charge < -0.3 is 19.7 Å². The molecule has 0 spiro atoms. The van der Waals surface area contributed by atoms with E-state index in [0.29, 0.717) is 5.69 Å². The summed E-state index contributed by atoms with van der Waals surface area (Å²) in [4.78, 5) is 29.9. The molecule has 0 radical (unpaired) electrons. The zero-order valence-corrected chi connectivity index (χ0v) is 16.9. The van der Waals surface area contributed by atoms with Gasteiger partial charge in [0.2, 0.25) is 6.09 Å². The smallest absolute Gasteiger partial charge is 0.647 e. The van der Waals surface area contributed by atoms with Gasteiger partial charge in [0.15, 0.2) is 5.91 Å². The van der Waals surface area contributed by atoms with Crippen LogP contribution in [0.1, 0.15) is 59.0 Å². The Morgan fingerprint density at radius 3 is 2.04 bits per heavy atom. The molecule has 0 aliphatic heterocycles. The van der Waals surface area contributed by atoms with E-state index in [4.69, 9.17) is 4.74 Å². The molecule has 0 unspecified atom stereocenters. The van der Waals surface area contributed by atoms with E-state index in [2.05, 4.69) is 16.4 Å². The first-order valence-corrected chi connectivity index (χ1v) is 7.66. The maximum absolute atomic E-state index is 12.5. The molecule has 0 N–H and O–H groups in total. The van der Waals surface area contributed by atoms with E-state index in [0.717, 1.165) is 0 Å². The zero-order valence-electron chi connectivity index (χ0n) is 16.9. The first-order valence-electron chi connectivity index (χ1n) is 7.66. The van der Waals surface area contributed by atoms with Crippen LogP contribution in [0.5, 0.6) is 0 Å². The van der Waals surface area contributed by atoms with Crippen molar-refractivity contribution in [3.63, 3.8) is 0 Å². The van der Waals surface area contributed by atoms with Gasteiger partial charge in [0.25, 0.3) is 0 Å². The molecule has 6 nitrogen and oxygen atoms in total. The molecule has 0 saturated heterocycles. The first-order chi connectivity index (χ1) is 10.5. The Hall–Kier alpha value is -0.915. The Morgan fingerprint density at radius 1 is 1.16 bits per heavy atom. The fraction of sp³-hybridized carbons (Fsp3) is 0.588. The van der Waals surface area contributed by atoms with Gasteiger partial charge in [-0.3, -0.25) is 9.78 Å². The van der Waals surface area contributed by atoms with Crippen LogP contribution < -0.4 is 37.7 Å². The molecule has 0 fully saturated rings. The molecule has 2 amide bonds. The van der Waals surface area contributed by atoms with Crippen LogP contribution in [-0.4, -0.2) is 39.6 Å². The van der Waals surface area contributed by atoms with Crippen LogP contribution in [0.25, 0.3) is 5.32 Å². The van der Waals surface area contributed by atoms with Gasteiger partial charge in [-0.15, -0.1) is 0 Å². The van der Waals surface area contributed by atoms with Crippen LogP contribution in [0.2, 0.25) is 0 Å². The number of pyridine rings is 1. The van der Waals surface area contributed by atoms with Gasteiger partial charge in [0.05, 0.1) is 0 Å². The molecule has 128 valence electrons. The molecule has 0 aliphatic rings. The maximum Gasteiger partial charge on any atom is 1.00 e. The van der Waals surface area contributed by atoms with Crippen molar-refractivity contribution >= 4 is 17.7 Å². The summed E-state index contributed by atoms with van der Waals surface area (Å²) < 4.78 is 5.10. The monoisotopic (exact) mass is 333 g/mol. The van der Waals surface area contributed by atoms with Gasteiger partial charge in [0, 0.05) is 17.8 Å².